The van der Waals surface area contributed by atoms with Crippen molar-refractivity contribution in [2.45, 2.75) is 31.7 Å². The van der Waals surface area contributed by atoms with E-state index in [1.54, 1.807) is 30.7 Å². The van der Waals surface area contributed by atoms with Crippen LogP contribution in [0.25, 0.3) is 22.0 Å². The molecule has 1 atom stereocenters. The average molecular weight is 561 g/mol. The number of fused-ring (bicyclic) bond motifs is 1. The van der Waals surface area contributed by atoms with E-state index in [-0.39, 0.29) is 33.4 Å². The van der Waals surface area contributed by atoms with Crippen molar-refractivity contribution in [1.29, 1.82) is 0 Å². The fourth-order valence-electron chi connectivity index (χ4n) is 5.01. The van der Waals surface area contributed by atoms with Gasteiger partial charge >= 0.3 is 0 Å². The van der Waals surface area contributed by atoms with Gasteiger partial charge in [-0.3, -0.25) is 14.6 Å². The molecule has 0 spiro atoms. The number of nitrogens with one attached hydrogen (secondary N) is 1. The van der Waals surface area contributed by atoms with Gasteiger partial charge in [0.05, 0.1) is 50.5 Å². The second-order valence-corrected chi connectivity index (χ2v) is 10.9. The van der Waals surface area contributed by atoms with Crippen LogP contribution in [0.3, 0.4) is 0 Å². The van der Waals surface area contributed by atoms with Crippen molar-refractivity contribution in [3.05, 3.63) is 70.1 Å². The second-order valence-electron chi connectivity index (χ2n) is 10.1. The number of pyridine rings is 1. The largest absolute Gasteiger partial charge is 0.352 e. The van der Waals surface area contributed by atoms with Crippen LogP contribution in [0.4, 0.5) is 17.3 Å². The van der Waals surface area contributed by atoms with Gasteiger partial charge in [-0.25, -0.2) is 9.97 Å². The molecule has 2 fully saturated rings. The number of aldehydes is 1. The van der Waals surface area contributed by atoms with Crippen LogP contribution in [0.2, 0.25) is 10.0 Å². The van der Waals surface area contributed by atoms with Crippen molar-refractivity contribution < 1.29 is 9.59 Å². The van der Waals surface area contributed by atoms with Gasteiger partial charge in [0.15, 0.2) is 12.1 Å². The quantitative estimate of drug-likeness (QED) is 0.206. The maximum absolute atomic E-state index is 13.3. The Morgan fingerprint density at radius 2 is 1.74 bits per heavy atom. The van der Waals surface area contributed by atoms with Crippen LogP contribution in [-0.4, -0.2) is 46.2 Å². The summed E-state index contributed by atoms with van der Waals surface area (Å²) >= 11 is 12.6. The number of carbonyl (C=O) groups excluding carboxylic acids is 2. The number of hydrogen-bond donors (Lipinski definition) is 2. The van der Waals surface area contributed by atoms with E-state index in [2.05, 4.69) is 25.2 Å². The van der Waals surface area contributed by atoms with Crippen LogP contribution in [0, 0.1) is 5.92 Å². The molecule has 0 amide bonds. The van der Waals surface area contributed by atoms with Crippen molar-refractivity contribution in [2.24, 2.45) is 11.7 Å². The lowest BCUT2D eigenvalue weighted by Gasteiger charge is -2.30. The fraction of sp³-hybridized carbons (Fsp3) is 0.276. The fourth-order valence-corrected chi connectivity index (χ4v) is 5.58. The smallest absolute Gasteiger partial charge is 0.225 e. The first kappa shape index (κ1) is 25.7. The summed E-state index contributed by atoms with van der Waals surface area (Å²) in [7, 11) is 0. The third-order valence-electron chi connectivity index (χ3n) is 7.26. The summed E-state index contributed by atoms with van der Waals surface area (Å²) in [5.74, 6) is 0.723. The first-order valence-corrected chi connectivity index (χ1v) is 13.7. The maximum atomic E-state index is 13.3. The highest BCUT2D eigenvalue weighted by Crippen LogP contribution is 2.39. The van der Waals surface area contributed by atoms with Gasteiger partial charge < -0.3 is 16.0 Å². The Balaban J connectivity index is 1.41. The molecule has 2 aliphatic rings. The Bertz CT molecular complexity index is 1570. The topological polar surface area (TPSA) is 114 Å². The normalized spacial score (nSPS) is 17.3. The van der Waals surface area contributed by atoms with Crippen LogP contribution >= 0.6 is 23.2 Å². The summed E-state index contributed by atoms with van der Waals surface area (Å²) in [4.78, 5) is 40.4. The highest BCUT2D eigenvalue weighted by Gasteiger charge is 2.32. The zero-order chi connectivity index (χ0) is 27.1. The maximum Gasteiger partial charge on any atom is 0.225 e. The minimum Gasteiger partial charge on any atom is -0.352 e. The molecule has 6 rings (SSSR count). The van der Waals surface area contributed by atoms with Gasteiger partial charge in [0.1, 0.15) is 0 Å². The number of halogens is 2. The Hall–Kier alpha value is -3.59. The van der Waals surface area contributed by atoms with Crippen LogP contribution in [0.1, 0.15) is 46.4 Å². The molecular weight excluding hydrogens is 535 g/mol. The number of piperidine rings is 1. The molecule has 1 saturated carbocycles. The number of aromatic nitrogens is 3. The first-order valence-electron chi connectivity index (χ1n) is 12.9. The highest BCUT2D eigenvalue weighted by molar-refractivity contribution is 6.39. The number of nitrogens with two attached hydrogens (primary N) is 1. The number of anilines is 3. The molecular formula is C29H26Cl2N6O2. The third kappa shape index (κ3) is 5.20. The van der Waals surface area contributed by atoms with Gasteiger partial charge in [-0.15, -0.1) is 0 Å². The predicted octanol–water partition coefficient (Wildman–Crippen LogP) is 6.07. The molecule has 1 unspecified atom stereocenters. The van der Waals surface area contributed by atoms with E-state index in [0.29, 0.717) is 29.2 Å². The lowest BCUT2D eigenvalue weighted by Crippen LogP contribution is -2.43. The predicted molar refractivity (Wildman–Crippen MR) is 154 cm³/mol. The zero-order valence-corrected chi connectivity index (χ0v) is 22.5. The minimum absolute atomic E-state index is 0.0171. The van der Waals surface area contributed by atoms with E-state index in [4.69, 9.17) is 28.9 Å². The molecule has 4 aromatic rings. The molecule has 198 valence electrons. The monoisotopic (exact) mass is 560 g/mol. The number of hydrogen-bond acceptors (Lipinski definition) is 8. The molecule has 1 aliphatic heterocycles. The van der Waals surface area contributed by atoms with E-state index >= 15 is 0 Å². The molecule has 1 saturated heterocycles. The molecule has 0 bridgehead atoms. The van der Waals surface area contributed by atoms with E-state index in [1.165, 1.54) is 0 Å². The number of ketones is 1. The summed E-state index contributed by atoms with van der Waals surface area (Å²) in [6.45, 7) is 1.60. The zero-order valence-electron chi connectivity index (χ0n) is 21.0. The molecule has 3 N–H and O–H groups in total. The molecule has 39 heavy (non-hydrogen) atoms. The molecule has 0 radical (unpaired) electrons. The molecule has 2 aromatic heterocycles. The van der Waals surface area contributed by atoms with Crippen molar-refractivity contribution in [1.82, 2.24) is 15.0 Å². The van der Waals surface area contributed by atoms with Gasteiger partial charge in [0.25, 0.3) is 0 Å². The van der Waals surface area contributed by atoms with Crippen LogP contribution in [0.5, 0.6) is 0 Å². The Morgan fingerprint density at radius 3 is 2.41 bits per heavy atom. The number of Topliss-reactive ketones (excluding diaryl/α,β-unsaturated/α-hetero) is 1. The van der Waals surface area contributed by atoms with Gasteiger partial charge in [-0.2, -0.15) is 0 Å². The standard InChI is InChI=1S/C29H26Cl2N6O2/c30-24-9-18(10-25(31)23(24)15-38)17-5-6-26-21(8-17)27(22(13-33-26)28(39)16-3-4-16)36-20-11-34-29(35-12-20)37-7-1-2-19(32)14-37/h5-6,8-13,15-16,19H,1-4,7,14,32H2,(H,33,36). The lowest BCUT2D eigenvalue weighted by atomic mass is 9.98. The van der Waals surface area contributed by atoms with Crippen molar-refractivity contribution in [3.63, 3.8) is 0 Å². The Morgan fingerprint density at radius 1 is 1.00 bits per heavy atom. The molecule has 8 nitrogen and oxygen atoms in total. The van der Waals surface area contributed by atoms with Crippen molar-refractivity contribution in [2.75, 3.05) is 23.3 Å². The molecule has 10 heteroatoms. The van der Waals surface area contributed by atoms with Gasteiger partial charge in [-0.1, -0.05) is 29.3 Å². The SMILES string of the molecule is NC1CCCN(c2ncc(Nc3c(C(=O)C4CC4)cnc4ccc(-c5cc(Cl)c(C=O)c(Cl)c5)cc34)cn2)C1. The van der Waals surface area contributed by atoms with Crippen LogP contribution in [0.15, 0.2) is 48.9 Å². The highest BCUT2D eigenvalue weighted by atomic mass is 35.5. The summed E-state index contributed by atoms with van der Waals surface area (Å²) < 4.78 is 0. The second kappa shape index (κ2) is 10.5. The van der Waals surface area contributed by atoms with E-state index < -0.39 is 0 Å². The Kier molecular flexibility index (Phi) is 6.93. The first-order chi connectivity index (χ1) is 18.9. The minimum atomic E-state index is 0.0171. The van der Waals surface area contributed by atoms with Crippen LogP contribution < -0.4 is 16.0 Å². The summed E-state index contributed by atoms with van der Waals surface area (Å²) in [6, 6.07) is 9.27. The number of benzene rings is 2. The molecule has 1 aliphatic carbocycles. The van der Waals surface area contributed by atoms with Gasteiger partial charge in [-0.05, 0) is 61.1 Å². The molecule has 3 heterocycles. The van der Waals surface area contributed by atoms with E-state index in [1.807, 2.05) is 18.2 Å². The van der Waals surface area contributed by atoms with E-state index in [9.17, 15) is 9.59 Å². The summed E-state index contributed by atoms with van der Waals surface area (Å²) in [5, 5.41) is 4.71. The van der Waals surface area contributed by atoms with Crippen molar-refractivity contribution in [3.8, 4) is 11.1 Å². The van der Waals surface area contributed by atoms with E-state index in [0.717, 1.165) is 60.8 Å². The number of carbonyl (C=O) groups is 2. The van der Waals surface area contributed by atoms with Gasteiger partial charge in [0, 0.05) is 36.6 Å². The Labute approximate surface area is 235 Å². The van der Waals surface area contributed by atoms with Gasteiger partial charge in [0.2, 0.25) is 5.95 Å². The summed E-state index contributed by atoms with van der Waals surface area (Å²) in [6.07, 6.45) is 9.51. The number of rotatable bonds is 7. The average Bonchev–Trinajstić information content (AvgIpc) is 3.79. The number of nitrogens with zero attached hydrogens (tertiary/aromatic N) is 4. The summed E-state index contributed by atoms with van der Waals surface area (Å²) in [5.41, 5.74) is 10.5. The van der Waals surface area contributed by atoms with Crippen molar-refractivity contribution >= 4 is 63.5 Å². The van der Waals surface area contributed by atoms with Crippen LogP contribution in [-0.2, 0) is 0 Å². The lowest BCUT2D eigenvalue weighted by molar-refractivity contribution is 0.0968. The molecule has 2 aromatic carbocycles. The third-order valence-corrected chi connectivity index (χ3v) is 7.89.